The van der Waals surface area contributed by atoms with Crippen LogP contribution in [0.5, 0.6) is 0 Å². The van der Waals surface area contributed by atoms with Crippen LogP contribution in [-0.4, -0.2) is 19.0 Å². The van der Waals surface area contributed by atoms with Crippen molar-refractivity contribution in [3.63, 3.8) is 0 Å². The van der Waals surface area contributed by atoms with Gasteiger partial charge < -0.3 is 10.1 Å². The van der Waals surface area contributed by atoms with E-state index < -0.39 is 0 Å². The van der Waals surface area contributed by atoms with Gasteiger partial charge in [0.05, 0.1) is 12.7 Å². The van der Waals surface area contributed by atoms with Gasteiger partial charge in [0.15, 0.2) is 0 Å². The second-order valence-corrected chi connectivity index (χ2v) is 9.41. The van der Waals surface area contributed by atoms with Gasteiger partial charge in [0.2, 0.25) is 0 Å². The highest BCUT2D eigenvalue weighted by Crippen LogP contribution is 2.45. The summed E-state index contributed by atoms with van der Waals surface area (Å²) in [5.41, 5.74) is 3.54. The maximum Gasteiger partial charge on any atom is 0.341 e. The van der Waals surface area contributed by atoms with Crippen LogP contribution in [0.4, 0.5) is 5.00 Å². The monoisotopic (exact) mass is 399 g/mol. The molecule has 0 aliphatic heterocycles. The molecule has 1 aromatic carbocycles. The molecule has 0 saturated heterocycles. The van der Waals surface area contributed by atoms with Crippen LogP contribution >= 0.6 is 11.3 Å². The molecule has 1 aliphatic rings. The molecule has 1 unspecified atom stereocenters. The van der Waals surface area contributed by atoms with Crippen LogP contribution < -0.4 is 5.32 Å². The SMILES string of the molecule is CCC(C)(C)C1CCc2c(sc(NC(=O)c3ccc(C)cc3)c2C(=O)OC)C1. The molecule has 0 radical (unpaired) electrons. The molecule has 1 amide bonds. The van der Waals surface area contributed by atoms with E-state index >= 15 is 0 Å². The zero-order chi connectivity index (χ0) is 20.5. The molecule has 150 valence electrons. The van der Waals surface area contributed by atoms with Crippen molar-refractivity contribution >= 4 is 28.2 Å². The minimum absolute atomic E-state index is 0.200. The highest BCUT2D eigenvalue weighted by Gasteiger charge is 2.35. The van der Waals surface area contributed by atoms with Crippen LogP contribution in [0.15, 0.2) is 24.3 Å². The fourth-order valence-electron chi connectivity index (χ4n) is 3.83. The number of hydrogen-bond acceptors (Lipinski definition) is 4. The number of esters is 1. The molecule has 2 aromatic rings. The quantitative estimate of drug-likeness (QED) is 0.662. The van der Waals surface area contributed by atoms with Crippen LogP contribution in [0.1, 0.15) is 70.3 Å². The maximum absolute atomic E-state index is 12.7. The van der Waals surface area contributed by atoms with Crippen molar-refractivity contribution in [1.82, 2.24) is 0 Å². The zero-order valence-electron chi connectivity index (χ0n) is 17.3. The number of benzene rings is 1. The summed E-state index contributed by atoms with van der Waals surface area (Å²) in [6.45, 7) is 8.85. The third-order valence-corrected chi connectivity index (χ3v) is 7.38. The predicted molar refractivity (Wildman–Crippen MR) is 114 cm³/mol. The maximum atomic E-state index is 12.7. The van der Waals surface area contributed by atoms with Gasteiger partial charge in [-0.2, -0.15) is 0 Å². The topological polar surface area (TPSA) is 55.4 Å². The number of anilines is 1. The number of carbonyl (C=O) groups is 2. The van der Waals surface area contributed by atoms with Crippen molar-refractivity contribution in [2.75, 3.05) is 12.4 Å². The summed E-state index contributed by atoms with van der Waals surface area (Å²) < 4.78 is 5.04. The van der Waals surface area contributed by atoms with E-state index in [1.54, 1.807) is 12.1 Å². The predicted octanol–water partition coefficient (Wildman–Crippen LogP) is 5.64. The Morgan fingerprint density at radius 3 is 2.54 bits per heavy atom. The normalized spacial score (nSPS) is 16.4. The number of methoxy groups -OCH3 is 1. The van der Waals surface area contributed by atoms with Crippen LogP contribution in [0.25, 0.3) is 0 Å². The summed E-state index contributed by atoms with van der Waals surface area (Å²) in [6, 6.07) is 7.42. The lowest BCUT2D eigenvalue weighted by molar-refractivity contribution is 0.0600. The van der Waals surface area contributed by atoms with E-state index in [1.807, 2.05) is 19.1 Å². The Bertz CT molecular complexity index is 880. The fraction of sp³-hybridized carbons (Fsp3) is 0.478. The first-order valence-corrected chi connectivity index (χ1v) is 10.7. The molecule has 1 aromatic heterocycles. The van der Waals surface area contributed by atoms with Crippen LogP contribution in [-0.2, 0) is 17.6 Å². The largest absolute Gasteiger partial charge is 0.465 e. The molecule has 4 nitrogen and oxygen atoms in total. The second-order valence-electron chi connectivity index (χ2n) is 8.30. The first-order chi connectivity index (χ1) is 13.3. The number of carbonyl (C=O) groups excluding carboxylic acids is 2. The lowest BCUT2D eigenvalue weighted by Gasteiger charge is -2.36. The summed E-state index contributed by atoms with van der Waals surface area (Å²) in [5.74, 6) is 0.00823. The molecule has 0 saturated carbocycles. The average Bonchev–Trinajstić information content (AvgIpc) is 3.04. The van der Waals surface area contributed by atoms with Crippen LogP contribution in [0.2, 0.25) is 0 Å². The average molecular weight is 400 g/mol. The summed E-state index contributed by atoms with van der Waals surface area (Å²) in [4.78, 5) is 26.4. The van der Waals surface area contributed by atoms with Gasteiger partial charge in [-0.3, -0.25) is 4.79 Å². The number of nitrogens with one attached hydrogen (secondary N) is 1. The van der Waals surface area contributed by atoms with Crippen molar-refractivity contribution in [1.29, 1.82) is 0 Å². The van der Waals surface area contributed by atoms with E-state index in [2.05, 4.69) is 26.1 Å². The van der Waals surface area contributed by atoms with E-state index in [1.165, 1.54) is 23.3 Å². The first kappa shape index (κ1) is 20.6. The molecule has 1 atom stereocenters. The van der Waals surface area contributed by atoms with Gasteiger partial charge in [0.25, 0.3) is 5.91 Å². The Morgan fingerprint density at radius 1 is 1.25 bits per heavy atom. The van der Waals surface area contributed by atoms with Crippen LogP contribution in [0, 0.1) is 18.3 Å². The van der Waals surface area contributed by atoms with Gasteiger partial charge >= 0.3 is 5.97 Å². The third-order valence-electron chi connectivity index (χ3n) is 6.21. The van der Waals surface area contributed by atoms with Crippen molar-refractivity contribution < 1.29 is 14.3 Å². The van der Waals surface area contributed by atoms with E-state index in [0.29, 0.717) is 22.0 Å². The number of amides is 1. The number of thiophene rings is 1. The molecule has 5 heteroatoms. The molecule has 28 heavy (non-hydrogen) atoms. The Morgan fingerprint density at radius 2 is 1.93 bits per heavy atom. The number of aryl methyl sites for hydroxylation is 1. The van der Waals surface area contributed by atoms with Crippen molar-refractivity contribution in [3.8, 4) is 0 Å². The van der Waals surface area contributed by atoms with E-state index in [9.17, 15) is 9.59 Å². The Balaban J connectivity index is 1.92. The summed E-state index contributed by atoms with van der Waals surface area (Å²) in [6.07, 6.45) is 3.98. The molecular formula is C23H29NO3S. The van der Waals surface area contributed by atoms with Gasteiger partial charge in [-0.25, -0.2) is 4.79 Å². The highest BCUT2D eigenvalue weighted by molar-refractivity contribution is 7.17. The molecule has 1 N–H and O–H groups in total. The van der Waals surface area contributed by atoms with Gasteiger partial charge in [-0.1, -0.05) is 44.9 Å². The molecule has 0 spiro atoms. The van der Waals surface area contributed by atoms with Gasteiger partial charge in [0.1, 0.15) is 5.00 Å². The van der Waals surface area contributed by atoms with E-state index in [0.717, 1.165) is 36.8 Å². The molecule has 1 aliphatic carbocycles. The number of ether oxygens (including phenoxy) is 1. The lowest BCUT2D eigenvalue weighted by atomic mass is 9.69. The smallest absolute Gasteiger partial charge is 0.341 e. The number of fused-ring (bicyclic) bond motifs is 1. The van der Waals surface area contributed by atoms with Gasteiger partial charge in [0, 0.05) is 10.4 Å². The van der Waals surface area contributed by atoms with Crippen LogP contribution in [0.3, 0.4) is 0 Å². The third kappa shape index (κ3) is 4.00. The van der Waals surface area contributed by atoms with Gasteiger partial charge in [-0.05, 0) is 55.2 Å². The minimum atomic E-state index is -0.370. The Kier molecular flexibility index (Phi) is 5.94. The lowest BCUT2D eigenvalue weighted by Crippen LogP contribution is -2.28. The highest BCUT2D eigenvalue weighted by atomic mass is 32.1. The van der Waals surface area contributed by atoms with Crippen molar-refractivity contribution in [3.05, 3.63) is 51.4 Å². The summed E-state index contributed by atoms with van der Waals surface area (Å²) in [5, 5.41) is 3.57. The Labute approximate surface area is 171 Å². The van der Waals surface area contributed by atoms with Crippen molar-refractivity contribution in [2.24, 2.45) is 11.3 Å². The van der Waals surface area contributed by atoms with Gasteiger partial charge in [-0.15, -0.1) is 11.3 Å². The first-order valence-electron chi connectivity index (χ1n) is 9.87. The fourth-order valence-corrected chi connectivity index (χ4v) is 5.14. The van der Waals surface area contributed by atoms with Crippen molar-refractivity contribution in [2.45, 2.75) is 53.4 Å². The number of rotatable bonds is 5. The standard InChI is InChI=1S/C23H29NO3S/c1-6-23(3,4)16-11-12-17-18(13-16)28-21(19(17)22(26)27-5)24-20(25)15-9-7-14(2)8-10-15/h7-10,16H,6,11-13H2,1-5H3,(H,24,25). The molecule has 3 rings (SSSR count). The molecule has 1 heterocycles. The molecule has 0 fully saturated rings. The molecular weight excluding hydrogens is 370 g/mol. The second kappa shape index (κ2) is 8.08. The minimum Gasteiger partial charge on any atom is -0.465 e. The summed E-state index contributed by atoms with van der Waals surface area (Å²) >= 11 is 1.53. The van der Waals surface area contributed by atoms with E-state index in [-0.39, 0.29) is 17.3 Å². The zero-order valence-corrected chi connectivity index (χ0v) is 18.2. The Hall–Kier alpha value is -2.14. The molecule has 0 bridgehead atoms. The number of hydrogen-bond donors (Lipinski definition) is 1. The summed E-state index contributed by atoms with van der Waals surface area (Å²) in [7, 11) is 1.39. The van der Waals surface area contributed by atoms with E-state index in [4.69, 9.17) is 4.74 Å².